The van der Waals surface area contributed by atoms with Crippen LogP contribution in [0.25, 0.3) is 0 Å². The number of methoxy groups -OCH3 is 1. The van der Waals surface area contributed by atoms with E-state index in [9.17, 15) is 4.79 Å². The van der Waals surface area contributed by atoms with Crippen LogP contribution < -0.4 is 14.2 Å². The Morgan fingerprint density at radius 3 is 2.72 bits per heavy atom. The second kappa shape index (κ2) is 11.2. The molecule has 210 valence electrons. The first kappa shape index (κ1) is 26.7. The largest absolute Gasteiger partial charge is 0.496 e. The summed E-state index contributed by atoms with van der Waals surface area (Å²) in [5, 5.41) is 0. The van der Waals surface area contributed by atoms with Crippen LogP contribution in [-0.2, 0) is 11.2 Å². The molecule has 0 amide bonds. The number of aldehydes is 1. The van der Waals surface area contributed by atoms with Crippen molar-refractivity contribution in [3.05, 3.63) is 53.1 Å². The molecule has 0 aromatic heterocycles. The number of rotatable bonds is 8. The van der Waals surface area contributed by atoms with Crippen LogP contribution in [0.3, 0.4) is 0 Å². The van der Waals surface area contributed by atoms with E-state index in [2.05, 4.69) is 32.0 Å². The number of ether oxygens (including phenoxy) is 4. The molecule has 5 nitrogen and oxygen atoms in total. The van der Waals surface area contributed by atoms with Crippen LogP contribution in [0, 0.1) is 29.1 Å². The van der Waals surface area contributed by atoms with Gasteiger partial charge in [0.05, 0.1) is 25.9 Å². The fourth-order valence-electron chi connectivity index (χ4n) is 8.76. The quantitative estimate of drug-likeness (QED) is 0.328. The van der Waals surface area contributed by atoms with E-state index in [0.717, 1.165) is 61.9 Å². The lowest BCUT2D eigenvalue weighted by Crippen LogP contribution is -2.45. The monoisotopic (exact) mass is 532 g/mol. The average Bonchev–Trinajstić information content (AvgIpc) is 3.29. The van der Waals surface area contributed by atoms with Crippen LogP contribution in [0.15, 0.2) is 36.4 Å². The summed E-state index contributed by atoms with van der Waals surface area (Å²) < 4.78 is 23.6. The molecular formula is C34H44O5. The van der Waals surface area contributed by atoms with Crippen molar-refractivity contribution in [3.63, 3.8) is 0 Å². The third kappa shape index (κ3) is 5.08. The van der Waals surface area contributed by atoms with Crippen LogP contribution in [0.1, 0.15) is 92.6 Å². The minimum Gasteiger partial charge on any atom is -0.496 e. The Hall–Kier alpha value is -2.53. The fraction of sp³-hybridized carbons (Fsp3) is 0.618. The molecule has 6 rings (SSSR count). The Labute approximate surface area is 233 Å². The SMILES string of the molecule is COc1cc(OCC[C@H]2CCC3C4C(CCC32C)c2ccc(OC3CCCCO3)cc2C[C@H]4C)ccc1C=O. The number of hydrogen-bond donors (Lipinski definition) is 0. The summed E-state index contributed by atoms with van der Waals surface area (Å²) in [6.45, 7) is 6.59. The van der Waals surface area contributed by atoms with Gasteiger partial charge in [-0.25, -0.2) is 0 Å². The maximum absolute atomic E-state index is 11.2. The number of benzene rings is 2. The second-order valence-corrected chi connectivity index (χ2v) is 12.7. The van der Waals surface area contributed by atoms with Gasteiger partial charge in [-0.3, -0.25) is 4.79 Å². The molecule has 5 unspecified atom stereocenters. The van der Waals surface area contributed by atoms with Crippen molar-refractivity contribution in [2.24, 2.45) is 29.1 Å². The lowest BCUT2D eigenvalue weighted by molar-refractivity contribution is -0.105. The van der Waals surface area contributed by atoms with E-state index in [0.29, 0.717) is 41.1 Å². The van der Waals surface area contributed by atoms with E-state index >= 15 is 0 Å². The number of hydrogen-bond acceptors (Lipinski definition) is 5. The predicted molar refractivity (Wildman–Crippen MR) is 152 cm³/mol. The summed E-state index contributed by atoms with van der Waals surface area (Å²) in [6, 6.07) is 12.4. The molecule has 0 N–H and O–H groups in total. The highest BCUT2D eigenvalue weighted by molar-refractivity contribution is 5.79. The molecule has 0 bridgehead atoms. The molecule has 3 fully saturated rings. The Kier molecular flexibility index (Phi) is 7.63. The normalized spacial score (nSPS) is 33.4. The maximum atomic E-state index is 11.2. The molecule has 2 aromatic carbocycles. The number of fused-ring (bicyclic) bond motifs is 5. The molecule has 7 atom stereocenters. The van der Waals surface area contributed by atoms with Crippen molar-refractivity contribution in [2.75, 3.05) is 20.3 Å². The molecule has 1 aliphatic heterocycles. The van der Waals surface area contributed by atoms with E-state index in [1.54, 1.807) is 18.7 Å². The van der Waals surface area contributed by atoms with Gasteiger partial charge >= 0.3 is 0 Å². The molecule has 2 aromatic rings. The molecule has 0 spiro atoms. The van der Waals surface area contributed by atoms with Gasteiger partial charge in [0.15, 0.2) is 12.6 Å². The van der Waals surface area contributed by atoms with E-state index in [4.69, 9.17) is 18.9 Å². The van der Waals surface area contributed by atoms with Crippen LogP contribution in [0.2, 0.25) is 0 Å². The van der Waals surface area contributed by atoms with Gasteiger partial charge in [0.1, 0.15) is 17.2 Å². The molecule has 39 heavy (non-hydrogen) atoms. The van der Waals surface area contributed by atoms with E-state index < -0.39 is 0 Å². The van der Waals surface area contributed by atoms with E-state index in [-0.39, 0.29) is 6.29 Å². The van der Waals surface area contributed by atoms with Gasteiger partial charge in [-0.05, 0) is 122 Å². The minimum atomic E-state index is -0.0851. The predicted octanol–water partition coefficient (Wildman–Crippen LogP) is 7.60. The van der Waals surface area contributed by atoms with Crippen LogP contribution in [0.5, 0.6) is 17.2 Å². The van der Waals surface area contributed by atoms with Crippen molar-refractivity contribution >= 4 is 6.29 Å². The minimum absolute atomic E-state index is 0.0851. The smallest absolute Gasteiger partial charge is 0.199 e. The summed E-state index contributed by atoms with van der Waals surface area (Å²) >= 11 is 0. The van der Waals surface area contributed by atoms with E-state index in [1.165, 1.54) is 37.7 Å². The summed E-state index contributed by atoms with van der Waals surface area (Å²) in [4.78, 5) is 11.2. The van der Waals surface area contributed by atoms with Gasteiger partial charge in [0.2, 0.25) is 0 Å². The van der Waals surface area contributed by atoms with Gasteiger partial charge in [-0.1, -0.05) is 19.9 Å². The lowest BCUT2D eigenvalue weighted by atomic mass is 9.51. The van der Waals surface area contributed by atoms with Gasteiger partial charge in [0, 0.05) is 12.5 Å². The molecule has 0 radical (unpaired) electrons. The zero-order valence-corrected chi connectivity index (χ0v) is 23.8. The molecule has 3 aliphatic carbocycles. The summed E-state index contributed by atoms with van der Waals surface area (Å²) in [7, 11) is 1.59. The first-order valence-corrected chi connectivity index (χ1v) is 15.2. The first-order chi connectivity index (χ1) is 19.0. The molecule has 2 saturated carbocycles. The van der Waals surface area contributed by atoms with Crippen LogP contribution in [-0.4, -0.2) is 32.9 Å². The Morgan fingerprint density at radius 2 is 1.92 bits per heavy atom. The average molecular weight is 533 g/mol. The van der Waals surface area contributed by atoms with Gasteiger partial charge in [-0.15, -0.1) is 0 Å². The Morgan fingerprint density at radius 1 is 1.05 bits per heavy atom. The summed E-state index contributed by atoms with van der Waals surface area (Å²) in [5.74, 6) is 5.91. The van der Waals surface area contributed by atoms with E-state index in [1.807, 2.05) is 12.1 Å². The topological polar surface area (TPSA) is 54.0 Å². The summed E-state index contributed by atoms with van der Waals surface area (Å²) in [6.07, 6.45) is 11.5. The zero-order valence-electron chi connectivity index (χ0n) is 23.8. The van der Waals surface area contributed by atoms with Crippen molar-refractivity contribution < 1.29 is 23.7 Å². The highest BCUT2D eigenvalue weighted by atomic mass is 16.7. The third-order valence-corrected chi connectivity index (χ3v) is 10.7. The Balaban J connectivity index is 1.11. The standard InChI is InChI=1S/C34H44O5/c1-22-18-24-19-27(39-32-6-4-5-16-38-32)10-11-28(24)29-13-15-34(2)25(8-12-30(34)33(22)29)14-17-37-26-9-7-23(21-35)31(20-26)36-3/h7,9-11,19-22,25,29-30,32-33H,4-6,8,12-18H2,1-3H3/t22-,25-,29?,30?,32?,33?,34?/m1/s1. The van der Waals surface area contributed by atoms with Gasteiger partial charge < -0.3 is 18.9 Å². The van der Waals surface area contributed by atoms with Crippen molar-refractivity contribution in [2.45, 2.75) is 83.8 Å². The molecule has 1 heterocycles. The summed E-state index contributed by atoms with van der Waals surface area (Å²) in [5.41, 5.74) is 4.02. The number of carbonyl (C=O) groups excluding carboxylic acids is 1. The lowest BCUT2D eigenvalue weighted by Gasteiger charge is -2.53. The molecule has 4 aliphatic rings. The van der Waals surface area contributed by atoms with Gasteiger partial charge in [-0.2, -0.15) is 0 Å². The van der Waals surface area contributed by atoms with Gasteiger partial charge in [0.25, 0.3) is 0 Å². The number of carbonyl (C=O) groups is 1. The van der Waals surface area contributed by atoms with Crippen molar-refractivity contribution in [1.82, 2.24) is 0 Å². The molecule has 1 saturated heterocycles. The molecular weight excluding hydrogens is 488 g/mol. The second-order valence-electron chi connectivity index (χ2n) is 12.7. The third-order valence-electron chi connectivity index (χ3n) is 10.7. The maximum Gasteiger partial charge on any atom is 0.199 e. The fourth-order valence-corrected chi connectivity index (χ4v) is 8.76. The highest BCUT2D eigenvalue weighted by Crippen LogP contribution is 2.64. The van der Waals surface area contributed by atoms with Crippen molar-refractivity contribution in [3.8, 4) is 17.2 Å². The Bertz CT molecular complexity index is 1170. The first-order valence-electron chi connectivity index (χ1n) is 15.2. The highest BCUT2D eigenvalue weighted by Gasteiger charge is 2.55. The van der Waals surface area contributed by atoms with Crippen molar-refractivity contribution in [1.29, 1.82) is 0 Å². The zero-order chi connectivity index (χ0) is 27.0. The molecule has 5 heteroatoms. The van der Waals surface area contributed by atoms with Crippen LogP contribution in [0.4, 0.5) is 0 Å². The van der Waals surface area contributed by atoms with Crippen LogP contribution >= 0.6 is 0 Å².